The standard InChI is InChI=1S/C23H34N6O.HI/c1-24-23(27-18-20(21-8-7-15-30-21)28-11-5-6-12-28)26-17-19-9-10-25-22(16-19)29-13-3-2-4-14-29;/h7-10,15-16,20H,2-6,11-14,17-18H2,1H3,(H2,24,26,27);1H. The molecule has 4 rings (SSSR count). The number of aliphatic imine (C=N–C) groups is 1. The van der Waals surface area contributed by atoms with E-state index in [0.29, 0.717) is 0 Å². The second kappa shape index (κ2) is 12.3. The zero-order chi connectivity index (χ0) is 20.6. The van der Waals surface area contributed by atoms with Gasteiger partial charge in [0.05, 0.1) is 12.3 Å². The van der Waals surface area contributed by atoms with Crippen molar-refractivity contribution in [2.75, 3.05) is 44.7 Å². The normalized spacial score (nSPS) is 18.5. The van der Waals surface area contributed by atoms with Gasteiger partial charge in [-0.2, -0.15) is 0 Å². The number of likely N-dealkylation sites (tertiary alicyclic amines) is 1. The molecular formula is C23H35IN6O. The van der Waals surface area contributed by atoms with Crippen LogP contribution >= 0.6 is 24.0 Å². The van der Waals surface area contributed by atoms with Crippen molar-refractivity contribution in [1.82, 2.24) is 20.5 Å². The summed E-state index contributed by atoms with van der Waals surface area (Å²) in [6, 6.07) is 8.53. The number of halogens is 1. The van der Waals surface area contributed by atoms with Gasteiger partial charge in [0.25, 0.3) is 0 Å². The first-order valence-corrected chi connectivity index (χ1v) is 11.3. The lowest BCUT2D eigenvalue weighted by Crippen LogP contribution is -2.42. The lowest BCUT2D eigenvalue weighted by atomic mass is 10.1. The van der Waals surface area contributed by atoms with Gasteiger partial charge in [-0.15, -0.1) is 24.0 Å². The summed E-state index contributed by atoms with van der Waals surface area (Å²) in [6.45, 7) is 5.95. The third-order valence-corrected chi connectivity index (χ3v) is 6.09. The Hall–Kier alpha value is -1.81. The van der Waals surface area contributed by atoms with Crippen LogP contribution in [0, 0.1) is 0 Å². The van der Waals surface area contributed by atoms with Crippen LogP contribution in [0.4, 0.5) is 5.82 Å². The van der Waals surface area contributed by atoms with Gasteiger partial charge in [0.1, 0.15) is 11.6 Å². The Morgan fingerprint density at radius 2 is 1.87 bits per heavy atom. The number of aromatic nitrogens is 1. The molecule has 0 saturated carbocycles. The third kappa shape index (κ3) is 6.58. The van der Waals surface area contributed by atoms with Crippen molar-refractivity contribution in [3.05, 3.63) is 48.0 Å². The highest BCUT2D eigenvalue weighted by Crippen LogP contribution is 2.25. The zero-order valence-corrected chi connectivity index (χ0v) is 20.8. The summed E-state index contributed by atoms with van der Waals surface area (Å²) in [7, 11) is 1.82. The molecule has 0 aliphatic carbocycles. The number of pyridine rings is 1. The van der Waals surface area contributed by atoms with E-state index in [1.165, 1.54) is 37.7 Å². The Kier molecular flexibility index (Phi) is 9.45. The number of nitrogens with zero attached hydrogens (tertiary/aromatic N) is 4. The summed E-state index contributed by atoms with van der Waals surface area (Å²) in [6.07, 6.45) is 10.0. The summed E-state index contributed by atoms with van der Waals surface area (Å²) in [5.41, 5.74) is 1.22. The van der Waals surface area contributed by atoms with Crippen LogP contribution in [0.2, 0.25) is 0 Å². The highest BCUT2D eigenvalue weighted by Gasteiger charge is 2.25. The van der Waals surface area contributed by atoms with Crippen molar-refractivity contribution in [2.24, 2.45) is 4.99 Å². The van der Waals surface area contributed by atoms with Gasteiger partial charge >= 0.3 is 0 Å². The van der Waals surface area contributed by atoms with Gasteiger partial charge in [-0.25, -0.2) is 4.98 Å². The minimum Gasteiger partial charge on any atom is -0.468 e. The van der Waals surface area contributed by atoms with Crippen molar-refractivity contribution in [3.8, 4) is 0 Å². The number of rotatable bonds is 7. The Bertz CT molecular complexity index is 800. The molecule has 1 unspecified atom stereocenters. The predicted octanol–water partition coefficient (Wildman–Crippen LogP) is 3.79. The second-order valence-corrected chi connectivity index (χ2v) is 8.15. The smallest absolute Gasteiger partial charge is 0.191 e. The zero-order valence-electron chi connectivity index (χ0n) is 18.4. The molecule has 0 aromatic carbocycles. The molecular weight excluding hydrogens is 503 g/mol. The van der Waals surface area contributed by atoms with E-state index in [1.807, 2.05) is 19.3 Å². The molecule has 0 amide bonds. The molecule has 4 heterocycles. The molecule has 7 nitrogen and oxygen atoms in total. The van der Waals surface area contributed by atoms with Gasteiger partial charge in [0, 0.05) is 39.4 Å². The molecule has 2 aromatic rings. The first kappa shape index (κ1) is 23.8. The molecule has 0 bridgehead atoms. The molecule has 2 saturated heterocycles. The molecule has 2 aromatic heterocycles. The molecule has 170 valence electrons. The van der Waals surface area contributed by atoms with E-state index in [9.17, 15) is 0 Å². The quantitative estimate of drug-likeness (QED) is 0.318. The van der Waals surface area contributed by atoms with Crippen LogP contribution < -0.4 is 15.5 Å². The minimum atomic E-state index is 0. The van der Waals surface area contributed by atoms with Gasteiger partial charge in [-0.05, 0) is 75.0 Å². The van der Waals surface area contributed by atoms with Crippen molar-refractivity contribution >= 4 is 35.8 Å². The maximum Gasteiger partial charge on any atom is 0.191 e. The van der Waals surface area contributed by atoms with Crippen LogP contribution in [0.3, 0.4) is 0 Å². The predicted molar refractivity (Wildman–Crippen MR) is 136 cm³/mol. The number of hydrogen-bond donors (Lipinski definition) is 2. The fourth-order valence-corrected chi connectivity index (χ4v) is 4.41. The molecule has 8 heteroatoms. The third-order valence-electron chi connectivity index (χ3n) is 6.09. The van der Waals surface area contributed by atoms with E-state index in [0.717, 1.165) is 56.8 Å². The Morgan fingerprint density at radius 1 is 1.10 bits per heavy atom. The molecule has 2 N–H and O–H groups in total. The van der Waals surface area contributed by atoms with E-state index in [1.54, 1.807) is 6.26 Å². The Morgan fingerprint density at radius 3 is 2.58 bits per heavy atom. The Balaban J connectivity index is 0.00000272. The lowest BCUT2D eigenvalue weighted by molar-refractivity contribution is 0.215. The van der Waals surface area contributed by atoms with Crippen LogP contribution in [0.25, 0.3) is 0 Å². The van der Waals surface area contributed by atoms with Crippen molar-refractivity contribution < 1.29 is 4.42 Å². The number of piperidine rings is 1. The molecule has 2 fully saturated rings. The number of hydrogen-bond acceptors (Lipinski definition) is 5. The topological polar surface area (TPSA) is 68.9 Å². The maximum atomic E-state index is 5.72. The van der Waals surface area contributed by atoms with Gasteiger partial charge < -0.3 is 20.0 Å². The van der Waals surface area contributed by atoms with Crippen molar-refractivity contribution in [1.29, 1.82) is 0 Å². The molecule has 2 aliphatic heterocycles. The van der Waals surface area contributed by atoms with Crippen molar-refractivity contribution in [3.63, 3.8) is 0 Å². The highest BCUT2D eigenvalue weighted by atomic mass is 127. The average Bonchev–Trinajstić information content (AvgIpc) is 3.52. The van der Waals surface area contributed by atoms with Gasteiger partial charge in [-0.1, -0.05) is 0 Å². The number of nitrogens with one attached hydrogen (secondary N) is 2. The number of anilines is 1. The van der Waals surface area contributed by atoms with E-state index in [2.05, 4.69) is 48.6 Å². The average molecular weight is 538 g/mol. The van der Waals surface area contributed by atoms with Gasteiger partial charge in [0.15, 0.2) is 5.96 Å². The fourth-order valence-electron chi connectivity index (χ4n) is 4.41. The molecule has 2 aliphatic rings. The molecule has 1 atom stereocenters. The van der Waals surface area contributed by atoms with Gasteiger partial charge in [0.2, 0.25) is 0 Å². The summed E-state index contributed by atoms with van der Waals surface area (Å²) in [4.78, 5) is 13.9. The van der Waals surface area contributed by atoms with Crippen LogP contribution in [0.1, 0.15) is 49.5 Å². The fraction of sp³-hybridized carbons (Fsp3) is 0.565. The largest absolute Gasteiger partial charge is 0.468 e. The van der Waals surface area contributed by atoms with E-state index >= 15 is 0 Å². The molecule has 0 spiro atoms. The van der Waals surface area contributed by atoms with Crippen LogP contribution in [-0.4, -0.2) is 55.6 Å². The second-order valence-electron chi connectivity index (χ2n) is 8.15. The maximum absolute atomic E-state index is 5.72. The lowest BCUT2D eigenvalue weighted by Gasteiger charge is -2.28. The van der Waals surface area contributed by atoms with Crippen LogP contribution in [0.5, 0.6) is 0 Å². The first-order valence-electron chi connectivity index (χ1n) is 11.3. The summed E-state index contributed by atoms with van der Waals surface area (Å²) >= 11 is 0. The number of furan rings is 1. The summed E-state index contributed by atoms with van der Waals surface area (Å²) < 4.78 is 5.72. The molecule has 0 radical (unpaired) electrons. The van der Waals surface area contributed by atoms with Crippen LogP contribution in [-0.2, 0) is 6.54 Å². The van der Waals surface area contributed by atoms with Gasteiger partial charge in [-0.3, -0.25) is 9.89 Å². The van der Waals surface area contributed by atoms with E-state index in [-0.39, 0.29) is 30.0 Å². The molecule has 31 heavy (non-hydrogen) atoms. The SMILES string of the molecule is CN=C(NCc1ccnc(N2CCCCC2)c1)NCC(c1ccco1)N1CCCC1.I. The monoisotopic (exact) mass is 538 g/mol. The summed E-state index contributed by atoms with van der Waals surface area (Å²) in [5.74, 6) is 2.91. The highest BCUT2D eigenvalue weighted by molar-refractivity contribution is 14.0. The minimum absolute atomic E-state index is 0. The first-order chi connectivity index (χ1) is 14.8. The number of guanidine groups is 1. The van der Waals surface area contributed by atoms with Crippen LogP contribution in [0.15, 0.2) is 46.1 Å². The van der Waals surface area contributed by atoms with E-state index in [4.69, 9.17) is 4.42 Å². The Labute approximate surface area is 202 Å². The summed E-state index contributed by atoms with van der Waals surface area (Å²) in [5, 5.41) is 6.94. The van der Waals surface area contributed by atoms with Crippen molar-refractivity contribution in [2.45, 2.75) is 44.7 Å². The van der Waals surface area contributed by atoms with E-state index < -0.39 is 0 Å².